The first-order chi connectivity index (χ1) is 22.1. The molecule has 0 saturated heterocycles. The van der Waals surface area contributed by atoms with Gasteiger partial charge in [-0.25, -0.2) is 9.79 Å². The molecule has 8 nitrogen and oxygen atoms in total. The zero-order chi connectivity index (χ0) is 33.0. The maximum atomic E-state index is 14.1. The molecule has 0 saturated carbocycles. The van der Waals surface area contributed by atoms with Crippen LogP contribution in [0.4, 0.5) is 0 Å². The summed E-state index contributed by atoms with van der Waals surface area (Å²) in [6.45, 7) is 10.1. The Hall–Kier alpha value is -4.05. The lowest BCUT2D eigenvalue weighted by molar-refractivity contribution is -0.139. The molecular weight excluding hydrogens is 647 g/mol. The zero-order valence-electron chi connectivity index (χ0n) is 26.1. The van der Waals surface area contributed by atoms with Crippen LogP contribution in [0, 0.1) is 0 Å². The van der Waals surface area contributed by atoms with Crippen molar-refractivity contribution in [2.75, 3.05) is 13.2 Å². The van der Waals surface area contributed by atoms with E-state index >= 15 is 0 Å². The average molecular weight is 682 g/mol. The number of ether oxygens (including phenoxy) is 4. The van der Waals surface area contributed by atoms with Gasteiger partial charge in [-0.3, -0.25) is 9.36 Å². The Labute approximate surface area is 281 Å². The number of hydrogen-bond donors (Lipinski definition) is 0. The van der Waals surface area contributed by atoms with Crippen LogP contribution in [0.1, 0.15) is 57.4 Å². The number of aromatic nitrogens is 1. The van der Waals surface area contributed by atoms with E-state index in [0.29, 0.717) is 60.1 Å². The zero-order valence-corrected chi connectivity index (χ0v) is 28.5. The van der Waals surface area contributed by atoms with Crippen molar-refractivity contribution in [1.29, 1.82) is 0 Å². The third-order valence-electron chi connectivity index (χ3n) is 7.06. The van der Waals surface area contributed by atoms with Crippen molar-refractivity contribution in [1.82, 2.24) is 4.57 Å². The highest BCUT2D eigenvalue weighted by Crippen LogP contribution is 2.36. The molecule has 0 radical (unpaired) electrons. The summed E-state index contributed by atoms with van der Waals surface area (Å²) in [5.41, 5.74) is 2.66. The molecule has 0 aliphatic carbocycles. The quantitative estimate of drug-likeness (QED) is 0.161. The van der Waals surface area contributed by atoms with E-state index in [0.717, 1.165) is 11.1 Å². The molecule has 1 atom stereocenters. The van der Waals surface area contributed by atoms with Crippen LogP contribution < -0.4 is 29.1 Å². The van der Waals surface area contributed by atoms with Gasteiger partial charge in [0.15, 0.2) is 16.3 Å². The molecule has 4 aromatic rings. The van der Waals surface area contributed by atoms with Gasteiger partial charge >= 0.3 is 5.97 Å². The predicted octanol–water partition coefficient (Wildman–Crippen LogP) is 6.87. The molecule has 11 heteroatoms. The highest BCUT2D eigenvalue weighted by Gasteiger charge is 2.35. The molecule has 0 unspecified atom stereocenters. The minimum atomic E-state index is -0.790. The van der Waals surface area contributed by atoms with Crippen molar-refractivity contribution < 1.29 is 23.7 Å². The summed E-state index contributed by atoms with van der Waals surface area (Å²) < 4.78 is 25.5. The van der Waals surface area contributed by atoms with Gasteiger partial charge in [0.2, 0.25) is 0 Å². The maximum absolute atomic E-state index is 14.1. The van der Waals surface area contributed by atoms with E-state index in [1.54, 1.807) is 42.7 Å². The van der Waals surface area contributed by atoms with E-state index in [-0.39, 0.29) is 24.9 Å². The lowest BCUT2D eigenvalue weighted by Gasteiger charge is -2.26. The van der Waals surface area contributed by atoms with Crippen molar-refractivity contribution in [3.8, 4) is 17.2 Å². The van der Waals surface area contributed by atoms with Crippen LogP contribution >= 0.6 is 34.5 Å². The second-order valence-corrected chi connectivity index (χ2v) is 12.5. The number of carbonyl (C=O) groups is 1. The molecule has 0 spiro atoms. The fourth-order valence-corrected chi connectivity index (χ4v) is 6.61. The Kier molecular flexibility index (Phi) is 10.6. The number of fused-ring (bicyclic) bond motifs is 1. The van der Waals surface area contributed by atoms with Gasteiger partial charge < -0.3 is 18.9 Å². The summed E-state index contributed by atoms with van der Waals surface area (Å²) in [7, 11) is 0. The van der Waals surface area contributed by atoms with Crippen molar-refractivity contribution >= 4 is 46.6 Å². The number of rotatable bonds is 11. The van der Waals surface area contributed by atoms with Gasteiger partial charge in [0.1, 0.15) is 18.4 Å². The van der Waals surface area contributed by atoms with E-state index in [1.807, 2.05) is 63.2 Å². The number of halogens is 2. The van der Waals surface area contributed by atoms with E-state index in [2.05, 4.69) is 4.99 Å². The molecule has 1 aromatic heterocycles. The van der Waals surface area contributed by atoms with Crippen LogP contribution in [-0.4, -0.2) is 29.9 Å². The molecule has 0 bridgehead atoms. The summed E-state index contributed by atoms with van der Waals surface area (Å²) in [5.74, 6) is 1.10. The normalized spacial score (nSPS) is 14.6. The number of hydrogen-bond acceptors (Lipinski definition) is 8. The van der Waals surface area contributed by atoms with Crippen LogP contribution in [0.15, 0.2) is 81.7 Å². The minimum Gasteiger partial charge on any atom is -0.491 e. The van der Waals surface area contributed by atoms with Crippen molar-refractivity contribution in [2.24, 2.45) is 4.99 Å². The minimum absolute atomic E-state index is 0.122. The number of carbonyl (C=O) groups excluding carboxylic acids is 1. The fraction of sp³-hybridized carbons (Fsp3) is 0.286. The average Bonchev–Trinajstić information content (AvgIpc) is 3.31. The molecule has 1 aliphatic heterocycles. The van der Waals surface area contributed by atoms with Gasteiger partial charge in [-0.2, -0.15) is 0 Å². The molecule has 0 N–H and O–H groups in total. The third-order valence-corrected chi connectivity index (χ3v) is 8.63. The molecule has 46 heavy (non-hydrogen) atoms. The monoisotopic (exact) mass is 680 g/mol. The third kappa shape index (κ3) is 7.17. The first-order valence-corrected chi connectivity index (χ1v) is 16.5. The Balaban J connectivity index is 1.58. The molecule has 3 aromatic carbocycles. The van der Waals surface area contributed by atoms with Crippen LogP contribution in [0.5, 0.6) is 17.2 Å². The predicted molar refractivity (Wildman–Crippen MR) is 181 cm³/mol. The second-order valence-electron chi connectivity index (χ2n) is 10.7. The van der Waals surface area contributed by atoms with Crippen LogP contribution in [0.25, 0.3) is 6.08 Å². The molecule has 0 fully saturated rings. The number of benzene rings is 3. The van der Waals surface area contributed by atoms with E-state index in [9.17, 15) is 9.59 Å². The molecule has 5 rings (SSSR count). The summed E-state index contributed by atoms with van der Waals surface area (Å²) >= 11 is 13.6. The first kappa shape index (κ1) is 33.3. The number of para-hydroxylation sites is 1. The topological polar surface area (TPSA) is 88.4 Å². The smallest absolute Gasteiger partial charge is 0.338 e. The van der Waals surface area contributed by atoms with E-state index < -0.39 is 12.0 Å². The number of allylic oxidation sites excluding steroid dienone is 1. The summed E-state index contributed by atoms with van der Waals surface area (Å²) in [6.07, 6.45) is 1.66. The number of thiazole rings is 1. The van der Waals surface area contributed by atoms with Crippen molar-refractivity contribution in [3.05, 3.63) is 118 Å². The number of esters is 1. The molecular formula is C35H34Cl2N2O6S. The largest absolute Gasteiger partial charge is 0.491 e. The summed E-state index contributed by atoms with van der Waals surface area (Å²) in [5, 5.41) is 1.06. The van der Waals surface area contributed by atoms with Crippen LogP contribution in [-0.2, 0) is 16.1 Å². The van der Waals surface area contributed by atoms with E-state index in [4.69, 9.17) is 42.1 Å². The standard InChI is InChI=1S/C35H34Cl2N2O6S/c1-6-42-29-16-22(12-15-28(29)44-19-23-13-14-24(36)18-26(23)37)17-30-33(40)39-32(25-10-8-9-11-27(25)45-20(3)4)31(34(41)43-7-2)21(5)38-35(39)46-30/h8-18,20,32H,6-7,19H2,1-5H3/b30-17+/t32-/m0/s1. The van der Waals surface area contributed by atoms with Crippen LogP contribution in [0.3, 0.4) is 0 Å². The van der Waals surface area contributed by atoms with Gasteiger partial charge in [0.25, 0.3) is 5.56 Å². The Bertz CT molecular complexity index is 1980. The van der Waals surface area contributed by atoms with E-state index in [1.165, 1.54) is 11.3 Å². The highest BCUT2D eigenvalue weighted by atomic mass is 35.5. The molecule has 0 amide bonds. The highest BCUT2D eigenvalue weighted by molar-refractivity contribution is 7.07. The first-order valence-electron chi connectivity index (χ1n) is 14.9. The summed E-state index contributed by atoms with van der Waals surface area (Å²) in [4.78, 5) is 32.6. The second kappa shape index (κ2) is 14.6. The molecule has 2 heterocycles. The molecule has 1 aliphatic rings. The Morgan fingerprint density at radius 2 is 1.78 bits per heavy atom. The summed E-state index contributed by atoms with van der Waals surface area (Å²) in [6, 6.07) is 17.3. The lowest BCUT2D eigenvalue weighted by atomic mass is 9.95. The van der Waals surface area contributed by atoms with Gasteiger partial charge in [-0.15, -0.1) is 0 Å². The van der Waals surface area contributed by atoms with Crippen molar-refractivity contribution in [3.63, 3.8) is 0 Å². The Morgan fingerprint density at radius 3 is 2.50 bits per heavy atom. The maximum Gasteiger partial charge on any atom is 0.338 e. The van der Waals surface area contributed by atoms with Gasteiger partial charge in [-0.05, 0) is 76.6 Å². The van der Waals surface area contributed by atoms with Gasteiger partial charge in [-0.1, -0.05) is 64.9 Å². The SMILES string of the molecule is CCOC(=O)C1=C(C)N=c2s/c(=C/c3ccc(OCc4ccc(Cl)cc4Cl)c(OCC)c3)c(=O)n2[C@H]1c1ccccc1OC(C)C. The lowest BCUT2D eigenvalue weighted by Crippen LogP contribution is -2.40. The van der Waals surface area contributed by atoms with Gasteiger partial charge in [0, 0.05) is 21.2 Å². The number of nitrogens with zero attached hydrogens (tertiary/aromatic N) is 2. The van der Waals surface area contributed by atoms with Crippen LogP contribution in [0.2, 0.25) is 10.0 Å². The van der Waals surface area contributed by atoms with Gasteiger partial charge in [0.05, 0.1) is 35.1 Å². The fourth-order valence-electron chi connectivity index (χ4n) is 5.10. The Morgan fingerprint density at radius 1 is 1.00 bits per heavy atom. The molecule has 240 valence electrons. The van der Waals surface area contributed by atoms with Crippen molar-refractivity contribution in [2.45, 2.75) is 53.4 Å².